The fraction of sp³-hybridized carbons (Fsp3) is 0.462. The second kappa shape index (κ2) is 5.19. The number of hydrogen-bond acceptors (Lipinski definition) is 3. The first-order valence-corrected chi connectivity index (χ1v) is 5.93. The molecule has 1 aliphatic rings. The van der Waals surface area contributed by atoms with Gasteiger partial charge >= 0.3 is 0 Å². The van der Waals surface area contributed by atoms with Crippen LogP contribution in [0.25, 0.3) is 0 Å². The van der Waals surface area contributed by atoms with Gasteiger partial charge in [-0.05, 0) is 37.5 Å². The highest BCUT2D eigenvalue weighted by Crippen LogP contribution is 2.20. The number of nitrogen functional groups attached to an aromatic ring is 1. The van der Waals surface area contributed by atoms with Crippen molar-refractivity contribution < 1.29 is 9.53 Å². The van der Waals surface area contributed by atoms with Crippen molar-refractivity contribution in [2.45, 2.75) is 25.4 Å². The molecule has 4 nitrogen and oxygen atoms in total. The number of carbonyl (C=O) groups excluding carboxylic acids is 1. The Labute approximate surface area is 101 Å². The van der Waals surface area contributed by atoms with Crippen LogP contribution in [0.4, 0.5) is 11.4 Å². The minimum Gasteiger partial charge on any atom is -0.399 e. The lowest BCUT2D eigenvalue weighted by Crippen LogP contribution is -2.39. The lowest BCUT2D eigenvalue weighted by atomic mass is 10.1. The van der Waals surface area contributed by atoms with E-state index in [2.05, 4.69) is 0 Å². The molecule has 4 heteroatoms. The first-order valence-electron chi connectivity index (χ1n) is 5.93. The number of nitrogens with two attached hydrogens (primary N) is 1. The summed E-state index contributed by atoms with van der Waals surface area (Å²) in [6.45, 7) is 0.682. The number of amides is 1. The molecular weight excluding hydrogens is 216 g/mol. The van der Waals surface area contributed by atoms with Crippen LogP contribution in [0.15, 0.2) is 24.3 Å². The normalized spacial score (nSPS) is 19.9. The monoisotopic (exact) mass is 234 g/mol. The maximum Gasteiger partial charge on any atom is 0.255 e. The van der Waals surface area contributed by atoms with Crippen molar-refractivity contribution in [2.24, 2.45) is 0 Å². The summed E-state index contributed by atoms with van der Waals surface area (Å²) >= 11 is 0. The van der Waals surface area contributed by atoms with Gasteiger partial charge < -0.3 is 15.4 Å². The Morgan fingerprint density at radius 2 is 2.29 bits per heavy atom. The zero-order valence-electron chi connectivity index (χ0n) is 10.1. The molecule has 2 rings (SSSR count). The fourth-order valence-electron chi connectivity index (χ4n) is 2.01. The van der Waals surface area contributed by atoms with Crippen LogP contribution in [0.5, 0.6) is 0 Å². The summed E-state index contributed by atoms with van der Waals surface area (Å²) in [4.78, 5) is 13.8. The van der Waals surface area contributed by atoms with Crippen molar-refractivity contribution in [3.05, 3.63) is 24.3 Å². The fourth-order valence-corrected chi connectivity index (χ4v) is 2.01. The van der Waals surface area contributed by atoms with Gasteiger partial charge in [-0.25, -0.2) is 0 Å². The van der Waals surface area contributed by atoms with Crippen LogP contribution in [0.2, 0.25) is 0 Å². The van der Waals surface area contributed by atoms with Crippen molar-refractivity contribution in [1.29, 1.82) is 0 Å². The van der Waals surface area contributed by atoms with E-state index in [4.69, 9.17) is 10.5 Å². The lowest BCUT2D eigenvalue weighted by Gasteiger charge is -2.26. The maximum absolute atomic E-state index is 12.2. The van der Waals surface area contributed by atoms with Crippen molar-refractivity contribution in [3.8, 4) is 0 Å². The van der Waals surface area contributed by atoms with Crippen LogP contribution in [0.3, 0.4) is 0 Å². The van der Waals surface area contributed by atoms with E-state index in [0.29, 0.717) is 12.3 Å². The molecule has 0 saturated carbocycles. The van der Waals surface area contributed by atoms with Crippen LogP contribution in [0, 0.1) is 0 Å². The van der Waals surface area contributed by atoms with Gasteiger partial charge in [-0.3, -0.25) is 4.79 Å². The number of ether oxygens (including phenoxy) is 1. The van der Waals surface area contributed by atoms with Gasteiger partial charge in [-0.15, -0.1) is 0 Å². The van der Waals surface area contributed by atoms with Crippen LogP contribution < -0.4 is 10.6 Å². The highest BCUT2D eigenvalue weighted by atomic mass is 16.5. The van der Waals surface area contributed by atoms with E-state index in [9.17, 15) is 4.79 Å². The maximum atomic E-state index is 12.2. The van der Waals surface area contributed by atoms with Gasteiger partial charge in [0.1, 0.15) is 6.10 Å². The first-order chi connectivity index (χ1) is 8.18. The lowest BCUT2D eigenvalue weighted by molar-refractivity contribution is -0.132. The summed E-state index contributed by atoms with van der Waals surface area (Å²) in [5.74, 6) is 0.00954. The summed E-state index contributed by atoms with van der Waals surface area (Å²) in [7, 11) is 1.76. The zero-order chi connectivity index (χ0) is 12.3. The van der Waals surface area contributed by atoms with E-state index in [1.807, 2.05) is 12.1 Å². The van der Waals surface area contributed by atoms with Crippen LogP contribution in [0.1, 0.15) is 19.3 Å². The summed E-state index contributed by atoms with van der Waals surface area (Å²) in [5.41, 5.74) is 7.17. The van der Waals surface area contributed by atoms with Gasteiger partial charge in [-0.2, -0.15) is 0 Å². The Bertz CT molecular complexity index is 400. The Balaban J connectivity index is 2.08. The Morgan fingerprint density at radius 3 is 2.94 bits per heavy atom. The largest absolute Gasteiger partial charge is 0.399 e. The molecule has 1 fully saturated rings. The van der Waals surface area contributed by atoms with Gasteiger partial charge in [0.2, 0.25) is 0 Å². The summed E-state index contributed by atoms with van der Waals surface area (Å²) in [5, 5.41) is 0. The molecule has 92 valence electrons. The van der Waals surface area contributed by atoms with Crippen molar-refractivity contribution in [3.63, 3.8) is 0 Å². The molecule has 1 aromatic carbocycles. The predicted molar refractivity (Wildman–Crippen MR) is 67.9 cm³/mol. The molecule has 0 aromatic heterocycles. The summed E-state index contributed by atoms with van der Waals surface area (Å²) < 4.78 is 5.49. The Morgan fingerprint density at radius 1 is 1.47 bits per heavy atom. The average Bonchev–Trinajstić information content (AvgIpc) is 2.38. The van der Waals surface area contributed by atoms with E-state index in [0.717, 1.165) is 24.9 Å². The predicted octanol–water partition coefficient (Wildman–Crippen LogP) is 1.80. The van der Waals surface area contributed by atoms with E-state index in [-0.39, 0.29) is 12.0 Å². The quantitative estimate of drug-likeness (QED) is 0.794. The molecule has 0 radical (unpaired) electrons. The molecule has 1 heterocycles. The minimum absolute atomic E-state index is 0.00954. The molecule has 1 saturated heterocycles. The topological polar surface area (TPSA) is 55.6 Å². The van der Waals surface area contributed by atoms with Crippen LogP contribution in [-0.2, 0) is 9.53 Å². The third-order valence-electron chi connectivity index (χ3n) is 3.04. The van der Waals surface area contributed by atoms with Gasteiger partial charge in [0.15, 0.2) is 0 Å². The standard InChI is InChI=1S/C13H18N2O2/c1-15(11-6-4-5-10(14)9-11)13(16)12-7-2-3-8-17-12/h4-6,9,12H,2-3,7-8,14H2,1H3. The van der Waals surface area contributed by atoms with Gasteiger partial charge in [-0.1, -0.05) is 6.07 Å². The molecular formula is C13H18N2O2. The number of nitrogens with zero attached hydrogens (tertiary/aromatic N) is 1. The molecule has 0 spiro atoms. The second-order valence-electron chi connectivity index (χ2n) is 4.35. The molecule has 1 unspecified atom stereocenters. The molecule has 0 aliphatic carbocycles. The van der Waals surface area contributed by atoms with E-state index in [1.165, 1.54) is 0 Å². The van der Waals surface area contributed by atoms with E-state index >= 15 is 0 Å². The number of benzene rings is 1. The first kappa shape index (κ1) is 11.9. The van der Waals surface area contributed by atoms with Crippen molar-refractivity contribution >= 4 is 17.3 Å². The summed E-state index contributed by atoms with van der Waals surface area (Å²) in [6, 6.07) is 7.31. The van der Waals surface area contributed by atoms with Crippen LogP contribution in [-0.4, -0.2) is 25.7 Å². The molecule has 1 aliphatic heterocycles. The Hall–Kier alpha value is -1.55. The highest BCUT2D eigenvalue weighted by molar-refractivity contribution is 5.96. The van der Waals surface area contributed by atoms with E-state index in [1.54, 1.807) is 24.1 Å². The van der Waals surface area contributed by atoms with Crippen LogP contribution >= 0.6 is 0 Å². The molecule has 1 aromatic rings. The Kier molecular flexibility index (Phi) is 3.64. The van der Waals surface area contributed by atoms with E-state index < -0.39 is 0 Å². The SMILES string of the molecule is CN(C(=O)C1CCCCO1)c1cccc(N)c1. The number of hydrogen-bond donors (Lipinski definition) is 1. The number of likely N-dealkylation sites (N-methyl/N-ethyl adjacent to an activating group) is 1. The zero-order valence-corrected chi connectivity index (χ0v) is 10.1. The third-order valence-corrected chi connectivity index (χ3v) is 3.04. The van der Waals surface area contributed by atoms with Gasteiger partial charge in [0.05, 0.1) is 0 Å². The van der Waals surface area contributed by atoms with Crippen molar-refractivity contribution in [2.75, 3.05) is 24.3 Å². The number of anilines is 2. The highest BCUT2D eigenvalue weighted by Gasteiger charge is 2.25. The smallest absolute Gasteiger partial charge is 0.255 e. The minimum atomic E-state index is -0.296. The molecule has 2 N–H and O–H groups in total. The van der Waals surface area contributed by atoms with Crippen molar-refractivity contribution in [1.82, 2.24) is 0 Å². The molecule has 0 bridgehead atoms. The third kappa shape index (κ3) is 2.77. The number of carbonyl (C=O) groups is 1. The molecule has 17 heavy (non-hydrogen) atoms. The van der Waals surface area contributed by atoms with Gasteiger partial charge in [0.25, 0.3) is 5.91 Å². The second-order valence-corrected chi connectivity index (χ2v) is 4.35. The average molecular weight is 234 g/mol. The summed E-state index contributed by atoms with van der Waals surface area (Å²) in [6.07, 6.45) is 2.62. The molecule has 1 atom stereocenters. The van der Waals surface area contributed by atoms with Gasteiger partial charge in [0, 0.05) is 25.0 Å². The number of rotatable bonds is 2. The molecule has 1 amide bonds.